The minimum atomic E-state index is -4.94. The Morgan fingerprint density at radius 3 is 2.20 bits per heavy atom. The molecule has 8 N–H and O–H groups in total. The fraction of sp³-hybridized carbons (Fsp3) is 0.138. The zero-order chi connectivity index (χ0) is 43.5. The number of rotatable bonds is 17. The van der Waals surface area contributed by atoms with Crippen molar-refractivity contribution in [1.82, 2.24) is 15.0 Å². The summed E-state index contributed by atoms with van der Waals surface area (Å²) in [4.78, 5) is 12.7. The fourth-order valence-electron chi connectivity index (χ4n) is 4.51. The molecule has 0 aliphatic rings. The maximum absolute atomic E-state index is 14.4. The van der Waals surface area contributed by atoms with Crippen LogP contribution in [0.4, 0.5) is 44.7 Å². The molecule has 0 bridgehead atoms. The van der Waals surface area contributed by atoms with Crippen molar-refractivity contribution in [1.29, 1.82) is 0 Å². The third kappa shape index (κ3) is 14.1. The van der Waals surface area contributed by atoms with Crippen LogP contribution in [0.3, 0.4) is 0 Å². The van der Waals surface area contributed by atoms with E-state index < -0.39 is 53.7 Å². The van der Waals surface area contributed by atoms with Crippen molar-refractivity contribution in [2.24, 2.45) is 10.2 Å². The zero-order valence-corrected chi connectivity index (χ0v) is 33.8. The van der Waals surface area contributed by atoms with Crippen LogP contribution in [0, 0.1) is 6.08 Å². The second-order valence-electron chi connectivity index (χ2n) is 11.1. The average Bonchev–Trinajstić information content (AvgIpc) is 3.15. The van der Waals surface area contributed by atoms with E-state index in [1.165, 1.54) is 35.2 Å². The van der Waals surface area contributed by atoms with E-state index in [0.717, 1.165) is 12.3 Å². The molecule has 0 saturated heterocycles. The van der Waals surface area contributed by atoms with Gasteiger partial charge in [-0.15, -0.1) is 18.9 Å². The van der Waals surface area contributed by atoms with Gasteiger partial charge in [0.2, 0.25) is 11.9 Å². The minimum Gasteiger partial charge on any atom is -0.507 e. The maximum Gasteiger partial charge on any atom is 0.397 e. The number of azo groups is 1. The molecule has 0 unspecified atom stereocenters. The summed E-state index contributed by atoms with van der Waals surface area (Å²) in [7, 11) is -11.1. The Hall–Kier alpha value is -4.93. The van der Waals surface area contributed by atoms with E-state index in [9.17, 15) is 39.3 Å². The fourth-order valence-corrected chi connectivity index (χ4v) is 6.85. The van der Waals surface area contributed by atoms with Crippen molar-refractivity contribution in [2.75, 3.05) is 41.6 Å². The number of nitrogen functional groups attached to an aromatic ring is 1. The molecule has 4 aromatic carbocycles. The van der Waals surface area contributed by atoms with E-state index >= 15 is 0 Å². The molecule has 1 aromatic heterocycles. The Morgan fingerprint density at radius 1 is 0.898 bits per heavy atom. The Labute approximate surface area is 341 Å². The number of fused-ring (bicyclic) bond motifs is 1. The Kier molecular flexibility index (Phi) is 16.1. The molecule has 0 aliphatic carbocycles. The average molecular weight is 925 g/mol. The van der Waals surface area contributed by atoms with E-state index in [1.54, 1.807) is 37.4 Å². The van der Waals surface area contributed by atoms with Gasteiger partial charge in [-0.1, -0.05) is 28.3 Å². The van der Waals surface area contributed by atoms with Gasteiger partial charge in [0.1, 0.15) is 31.9 Å². The van der Waals surface area contributed by atoms with Crippen molar-refractivity contribution < 1.29 is 77.3 Å². The van der Waals surface area contributed by atoms with E-state index in [2.05, 4.69) is 53.4 Å². The topological polar surface area (TPSA) is 354 Å². The predicted molar refractivity (Wildman–Crippen MR) is 207 cm³/mol. The van der Waals surface area contributed by atoms with E-state index in [0.29, 0.717) is 29.8 Å². The molecule has 0 atom stereocenters. The molecule has 0 saturated carbocycles. The molecule has 0 aliphatic heterocycles. The number of halogens is 1. The number of sulfone groups is 1. The number of hydrogen-bond donors (Lipinski definition) is 7. The Balaban J connectivity index is 0.000000612. The number of benzene rings is 4. The van der Waals surface area contributed by atoms with Crippen LogP contribution in [0.5, 0.6) is 5.75 Å². The normalized spacial score (nSPS) is 12.1. The van der Waals surface area contributed by atoms with Gasteiger partial charge in [-0.3, -0.25) is 9.11 Å². The van der Waals surface area contributed by atoms with E-state index in [-0.39, 0.29) is 61.0 Å². The van der Waals surface area contributed by atoms with Crippen LogP contribution in [0.15, 0.2) is 91.6 Å². The van der Waals surface area contributed by atoms with Crippen molar-refractivity contribution in [3.8, 4) is 5.75 Å². The first-order valence-electron chi connectivity index (χ1n) is 15.4. The highest BCUT2D eigenvalue weighted by Crippen LogP contribution is 2.46. The van der Waals surface area contributed by atoms with Crippen molar-refractivity contribution in [3.05, 3.63) is 72.8 Å². The lowest BCUT2D eigenvalue weighted by Gasteiger charge is -2.17. The minimum absolute atomic E-state index is 0.0155. The molecule has 0 radical (unpaired) electrons. The second-order valence-corrected chi connectivity index (χ2v) is 17.4. The third-order valence-electron chi connectivity index (χ3n) is 6.96. The third-order valence-corrected chi connectivity index (χ3v) is 10.4. The summed E-state index contributed by atoms with van der Waals surface area (Å²) in [6.45, 7) is -0.558. The van der Waals surface area contributed by atoms with Gasteiger partial charge >= 0.3 is 16.5 Å². The number of anilines is 5. The lowest BCUT2D eigenvalue weighted by atomic mass is 10.1. The Morgan fingerprint density at radius 2 is 1.58 bits per heavy atom. The standard InChI is InChI=1S/C26H21FN8O10S3.C3H8O6S2/c1-35(15-5-3-2-4-6-15)26-31-24(27)30-25(32-26)29-14-7-8-17(20(11-14)48(39,40)41)33-34-23-21-13(10-19(22(23)28)47-45-43-38)9-16(12-18(21)36)46-44-42-37;1-10(4,5)3-2-9-11(6,7)8/h2-12,36-38H,28H2,1H3,(H,39,40,41)(H,29,30,31,32);2-3H2,1H3,(H,6,7,8). The molecule has 0 fully saturated rings. The van der Waals surface area contributed by atoms with Gasteiger partial charge in [0.05, 0.1) is 52.4 Å². The van der Waals surface area contributed by atoms with Crippen LogP contribution in [0.25, 0.3) is 10.8 Å². The maximum atomic E-state index is 14.4. The Bertz CT molecular complexity index is 2620. The summed E-state index contributed by atoms with van der Waals surface area (Å²) < 4.78 is 110. The number of nitrogens with two attached hydrogens (primary N) is 1. The molecule has 24 nitrogen and oxygen atoms in total. The van der Waals surface area contributed by atoms with Crippen LogP contribution in [-0.2, 0) is 53.3 Å². The highest BCUT2D eigenvalue weighted by molar-refractivity contribution is 7.95. The van der Waals surface area contributed by atoms with Crippen LogP contribution in [0.1, 0.15) is 0 Å². The molecular weight excluding hydrogens is 896 g/mol. The second kappa shape index (κ2) is 20.4. The summed E-state index contributed by atoms with van der Waals surface area (Å²) in [5.74, 6) is -1.15. The van der Waals surface area contributed by atoms with Gasteiger partial charge in [-0.05, 0) is 53.9 Å². The molecular formula is C29H29FN8O16S5. The molecule has 0 spiro atoms. The smallest absolute Gasteiger partial charge is 0.397 e. The highest BCUT2D eigenvalue weighted by atomic mass is 32.3. The number of para-hydroxylation sites is 1. The summed E-state index contributed by atoms with van der Waals surface area (Å²) in [5, 5.41) is 46.1. The van der Waals surface area contributed by atoms with Crippen molar-refractivity contribution in [2.45, 2.75) is 14.7 Å². The molecule has 30 heteroatoms. The lowest BCUT2D eigenvalue weighted by molar-refractivity contribution is -0.432. The molecule has 5 rings (SSSR count). The van der Waals surface area contributed by atoms with Crippen LogP contribution < -0.4 is 16.0 Å². The molecule has 59 heavy (non-hydrogen) atoms. The van der Waals surface area contributed by atoms with Crippen LogP contribution in [0.2, 0.25) is 0 Å². The first kappa shape index (κ1) is 46.8. The van der Waals surface area contributed by atoms with E-state index in [1.807, 2.05) is 0 Å². The molecule has 318 valence electrons. The zero-order valence-electron chi connectivity index (χ0n) is 29.7. The number of phenols is 1. The predicted octanol–water partition coefficient (Wildman–Crippen LogP) is 5.33. The number of aromatic nitrogens is 3. The number of aromatic hydroxyl groups is 1. The monoisotopic (exact) mass is 924 g/mol. The summed E-state index contributed by atoms with van der Waals surface area (Å²) in [5.41, 5.74) is 6.23. The van der Waals surface area contributed by atoms with Crippen LogP contribution in [-0.4, -0.2) is 90.6 Å². The van der Waals surface area contributed by atoms with Gasteiger partial charge in [0.15, 0.2) is 0 Å². The van der Waals surface area contributed by atoms with Crippen molar-refractivity contribution in [3.63, 3.8) is 0 Å². The van der Waals surface area contributed by atoms with Crippen molar-refractivity contribution >= 4 is 106 Å². The quantitative estimate of drug-likeness (QED) is 0.0155. The highest BCUT2D eigenvalue weighted by Gasteiger charge is 2.21. The summed E-state index contributed by atoms with van der Waals surface area (Å²) >= 11 is 1.01. The molecule has 1 heterocycles. The number of nitrogens with zero attached hydrogens (tertiary/aromatic N) is 6. The lowest BCUT2D eigenvalue weighted by Crippen LogP contribution is -2.15. The number of phenolic OH excluding ortho intramolecular Hbond substituents is 1. The van der Waals surface area contributed by atoms with Gasteiger partial charge in [-0.2, -0.15) is 36.2 Å². The van der Waals surface area contributed by atoms with E-state index in [4.69, 9.17) is 20.8 Å². The number of nitrogens with one attached hydrogen (secondary N) is 1. The van der Waals surface area contributed by atoms with Gasteiger partial charge in [0, 0.05) is 29.6 Å². The molecule has 0 amide bonds. The SMILES string of the molecule is CN(c1ccccc1)c1nc(F)nc(Nc2ccc(N=Nc3c(N)c(SOOO)cc4cc(SOOO)cc(O)c34)c(S(=O)(=O)O)c2)n1.CS(=O)(=O)CCOS(=O)(=O)O. The molecule has 5 aromatic rings. The summed E-state index contributed by atoms with van der Waals surface area (Å²) in [6, 6.07) is 16.5. The first-order chi connectivity index (χ1) is 27.7. The summed E-state index contributed by atoms with van der Waals surface area (Å²) in [6.07, 6.45) is -0.185. The largest absolute Gasteiger partial charge is 0.507 e. The van der Waals surface area contributed by atoms with Crippen LogP contribution >= 0.6 is 24.1 Å². The van der Waals surface area contributed by atoms with Gasteiger partial charge in [-0.25, -0.2) is 23.1 Å². The number of hydrogen-bond acceptors (Lipinski definition) is 24. The van der Waals surface area contributed by atoms with Gasteiger partial charge < -0.3 is 21.1 Å². The van der Waals surface area contributed by atoms with Gasteiger partial charge in [0.25, 0.3) is 10.1 Å². The first-order valence-corrected chi connectivity index (χ1v) is 21.7.